The Hall–Kier alpha value is -0.120. The van der Waals surface area contributed by atoms with Crippen molar-refractivity contribution in [2.24, 2.45) is 5.92 Å². The van der Waals surface area contributed by atoms with Crippen LogP contribution in [0.5, 0.6) is 0 Å². The van der Waals surface area contributed by atoms with Crippen LogP contribution in [0.4, 0.5) is 4.39 Å². The molecule has 0 amide bonds. The van der Waals surface area contributed by atoms with Gasteiger partial charge in [-0.05, 0) is 37.4 Å². The minimum atomic E-state index is -0.193. The Balaban J connectivity index is 1.93. The van der Waals surface area contributed by atoms with Crippen LogP contribution in [0.2, 0.25) is 5.02 Å². The number of halogens is 3. The van der Waals surface area contributed by atoms with Crippen LogP contribution >= 0.6 is 27.5 Å². The summed E-state index contributed by atoms with van der Waals surface area (Å²) in [5.74, 6) is 0.561. The molecule has 2 rings (SSSR count). The van der Waals surface area contributed by atoms with Gasteiger partial charge in [-0.2, -0.15) is 0 Å². The molecule has 0 radical (unpaired) electrons. The fraction of sp³-hybridized carbons (Fsp3) is 0.538. The van der Waals surface area contributed by atoms with E-state index in [-0.39, 0.29) is 5.82 Å². The van der Waals surface area contributed by atoms with Crippen molar-refractivity contribution >= 4 is 27.5 Å². The van der Waals surface area contributed by atoms with Crippen LogP contribution in [-0.4, -0.2) is 23.3 Å². The highest BCUT2D eigenvalue weighted by Crippen LogP contribution is 2.23. The second-order valence-electron chi connectivity index (χ2n) is 4.60. The first-order chi connectivity index (χ1) is 8.19. The molecule has 0 saturated carbocycles. The number of nitrogens with zero attached hydrogens (tertiary/aromatic N) is 1. The molecule has 0 N–H and O–H groups in total. The molecule has 1 fully saturated rings. The van der Waals surface area contributed by atoms with Crippen LogP contribution in [0.25, 0.3) is 0 Å². The largest absolute Gasteiger partial charge is 0.299 e. The summed E-state index contributed by atoms with van der Waals surface area (Å²) in [5.41, 5.74) is 0.744. The van der Waals surface area contributed by atoms with E-state index in [1.165, 1.54) is 18.9 Å². The predicted molar refractivity (Wildman–Crippen MR) is 73.2 cm³/mol. The van der Waals surface area contributed by atoms with Gasteiger partial charge < -0.3 is 0 Å². The van der Waals surface area contributed by atoms with Gasteiger partial charge in [-0.15, -0.1) is 0 Å². The Kier molecular flexibility index (Phi) is 4.83. The molecule has 4 heteroatoms. The van der Waals surface area contributed by atoms with E-state index < -0.39 is 0 Å². The highest BCUT2D eigenvalue weighted by atomic mass is 79.9. The van der Waals surface area contributed by atoms with E-state index in [0.29, 0.717) is 11.6 Å². The average Bonchev–Trinajstić information content (AvgIpc) is 2.71. The number of likely N-dealkylation sites (tertiary alicyclic amines) is 1. The Bertz CT molecular complexity index is 386. The Morgan fingerprint density at radius 2 is 2.29 bits per heavy atom. The van der Waals surface area contributed by atoms with Gasteiger partial charge in [0.2, 0.25) is 0 Å². The third-order valence-electron chi connectivity index (χ3n) is 3.30. The third-order valence-corrected chi connectivity index (χ3v) is 3.99. The van der Waals surface area contributed by atoms with Crippen molar-refractivity contribution in [3.63, 3.8) is 0 Å². The Morgan fingerprint density at radius 3 is 3.00 bits per heavy atom. The maximum atomic E-state index is 13.6. The van der Waals surface area contributed by atoms with Gasteiger partial charge in [0, 0.05) is 29.0 Å². The molecule has 0 aliphatic carbocycles. The fourth-order valence-corrected chi connectivity index (χ4v) is 3.14. The SMILES string of the molecule is Fc1cc(Cl)ccc1CN1CCC(CCBr)C1. The second-order valence-corrected chi connectivity index (χ2v) is 5.83. The molecule has 1 nitrogen and oxygen atoms in total. The summed E-state index contributed by atoms with van der Waals surface area (Å²) in [6.45, 7) is 2.84. The lowest BCUT2D eigenvalue weighted by Crippen LogP contribution is -2.20. The zero-order valence-corrected chi connectivity index (χ0v) is 12.0. The van der Waals surface area contributed by atoms with Gasteiger partial charge in [0.15, 0.2) is 0 Å². The molecule has 17 heavy (non-hydrogen) atoms. The first-order valence-electron chi connectivity index (χ1n) is 5.91. The lowest BCUT2D eigenvalue weighted by Gasteiger charge is -2.16. The topological polar surface area (TPSA) is 3.24 Å². The summed E-state index contributed by atoms with van der Waals surface area (Å²) in [4.78, 5) is 2.32. The summed E-state index contributed by atoms with van der Waals surface area (Å²) in [7, 11) is 0. The zero-order valence-electron chi connectivity index (χ0n) is 9.63. The van der Waals surface area contributed by atoms with Gasteiger partial charge >= 0.3 is 0 Å². The van der Waals surface area contributed by atoms with Crippen LogP contribution in [0, 0.1) is 11.7 Å². The standard InChI is InChI=1S/C13H16BrClFN/c14-5-3-10-4-6-17(8-10)9-11-1-2-12(15)7-13(11)16/h1-2,7,10H,3-6,8-9H2. The Labute approximate surface area is 115 Å². The summed E-state index contributed by atoms with van der Waals surface area (Å²) in [6.07, 6.45) is 2.43. The number of hydrogen-bond donors (Lipinski definition) is 0. The molecule has 0 aromatic heterocycles. The molecule has 0 bridgehead atoms. The van der Waals surface area contributed by atoms with Gasteiger partial charge in [-0.3, -0.25) is 4.90 Å². The predicted octanol–water partition coefficient (Wildman–Crippen LogP) is 4.09. The van der Waals surface area contributed by atoms with E-state index in [4.69, 9.17) is 11.6 Å². The minimum Gasteiger partial charge on any atom is -0.299 e. The van der Waals surface area contributed by atoms with Crippen molar-refractivity contribution < 1.29 is 4.39 Å². The fourth-order valence-electron chi connectivity index (χ4n) is 2.34. The van der Waals surface area contributed by atoms with E-state index in [2.05, 4.69) is 20.8 Å². The lowest BCUT2D eigenvalue weighted by atomic mass is 10.1. The monoisotopic (exact) mass is 319 g/mol. The molecule has 1 aromatic carbocycles. The Morgan fingerprint density at radius 1 is 1.47 bits per heavy atom. The number of benzene rings is 1. The van der Waals surface area contributed by atoms with Crippen LogP contribution in [0.1, 0.15) is 18.4 Å². The van der Waals surface area contributed by atoms with E-state index >= 15 is 0 Å². The molecule has 94 valence electrons. The first kappa shape index (κ1) is 13.3. The summed E-state index contributed by atoms with van der Waals surface area (Å²) < 4.78 is 13.6. The van der Waals surface area contributed by atoms with Gasteiger partial charge in [0.05, 0.1) is 0 Å². The molecule has 1 aliphatic rings. The molecular weight excluding hydrogens is 305 g/mol. The van der Waals surface area contributed by atoms with Crippen molar-refractivity contribution in [2.75, 3.05) is 18.4 Å². The maximum Gasteiger partial charge on any atom is 0.129 e. The minimum absolute atomic E-state index is 0.193. The highest BCUT2D eigenvalue weighted by molar-refractivity contribution is 9.09. The van der Waals surface area contributed by atoms with Crippen molar-refractivity contribution in [3.05, 3.63) is 34.6 Å². The van der Waals surface area contributed by atoms with Crippen molar-refractivity contribution in [3.8, 4) is 0 Å². The first-order valence-corrected chi connectivity index (χ1v) is 7.41. The molecule has 1 aliphatic heterocycles. The average molecular weight is 321 g/mol. The third kappa shape index (κ3) is 3.67. The van der Waals surface area contributed by atoms with Crippen molar-refractivity contribution in [2.45, 2.75) is 19.4 Å². The van der Waals surface area contributed by atoms with E-state index in [0.717, 1.165) is 29.9 Å². The van der Waals surface area contributed by atoms with Crippen LogP contribution < -0.4 is 0 Å². The summed E-state index contributed by atoms with van der Waals surface area (Å²) >= 11 is 9.21. The maximum absolute atomic E-state index is 13.6. The normalized spacial score (nSPS) is 21.0. The molecule has 1 unspecified atom stereocenters. The van der Waals surface area contributed by atoms with Crippen molar-refractivity contribution in [1.82, 2.24) is 4.90 Å². The quantitative estimate of drug-likeness (QED) is 0.755. The van der Waals surface area contributed by atoms with E-state index in [1.807, 2.05) is 0 Å². The molecule has 1 atom stereocenters. The second kappa shape index (κ2) is 6.17. The van der Waals surface area contributed by atoms with E-state index in [9.17, 15) is 4.39 Å². The molecule has 1 aromatic rings. The summed E-state index contributed by atoms with van der Waals surface area (Å²) in [5, 5.41) is 1.52. The number of alkyl halides is 1. The molecule has 1 heterocycles. The highest BCUT2D eigenvalue weighted by Gasteiger charge is 2.22. The van der Waals surface area contributed by atoms with Crippen molar-refractivity contribution in [1.29, 1.82) is 0 Å². The summed E-state index contributed by atoms with van der Waals surface area (Å²) in [6, 6.07) is 4.93. The van der Waals surface area contributed by atoms with Gasteiger partial charge in [-0.25, -0.2) is 4.39 Å². The van der Waals surface area contributed by atoms with Gasteiger partial charge in [-0.1, -0.05) is 33.6 Å². The zero-order chi connectivity index (χ0) is 12.3. The molecule has 1 saturated heterocycles. The number of rotatable bonds is 4. The van der Waals surface area contributed by atoms with E-state index in [1.54, 1.807) is 12.1 Å². The molecule has 0 spiro atoms. The van der Waals surface area contributed by atoms with Gasteiger partial charge in [0.1, 0.15) is 5.82 Å². The van der Waals surface area contributed by atoms with Crippen LogP contribution in [0.15, 0.2) is 18.2 Å². The van der Waals surface area contributed by atoms with Crippen LogP contribution in [-0.2, 0) is 6.54 Å². The van der Waals surface area contributed by atoms with Crippen LogP contribution in [0.3, 0.4) is 0 Å². The smallest absolute Gasteiger partial charge is 0.129 e. The van der Waals surface area contributed by atoms with Gasteiger partial charge in [0.25, 0.3) is 0 Å². The lowest BCUT2D eigenvalue weighted by molar-refractivity contribution is 0.310. The molecular formula is C13H16BrClFN. The number of hydrogen-bond acceptors (Lipinski definition) is 1.